The van der Waals surface area contributed by atoms with E-state index >= 15 is 4.79 Å². The van der Waals surface area contributed by atoms with Crippen molar-refractivity contribution in [1.29, 1.82) is 0 Å². The van der Waals surface area contributed by atoms with Crippen LogP contribution in [0.15, 0.2) is 229 Å². The third kappa shape index (κ3) is 5.16. The molecule has 0 N–H and O–H groups in total. The highest BCUT2D eigenvalue weighted by Crippen LogP contribution is 2.42. The molecular weight excluding hydrogens is 791 g/mol. The van der Waals surface area contributed by atoms with Gasteiger partial charge in [-0.1, -0.05) is 140 Å². The highest BCUT2D eigenvalue weighted by atomic mass is 16.1. The Kier molecular flexibility index (Phi) is 7.51. The summed E-state index contributed by atoms with van der Waals surface area (Å²) in [5.41, 5.74) is 10.3. The third-order valence-electron chi connectivity index (χ3n) is 13.8. The zero-order valence-corrected chi connectivity index (χ0v) is 35.1. The highest BCUT2D eigenvalue weighted by Gasteiger charge is 2.22. The van der Waals surface area contributed by atoms with Gasteiger partial charge in [-0.3, -0.25) is 9.36 Å². The molecule has 0 fully saturated rings. The maximum Gasteiger partial charge on any atom is 0.263 e. The molecule has 0 unspecified atom stereocenters. The second kappa shape index (κ2) is 13.6. The lowest BCUT2D eigenvalue weighted by Gasteiger charge is -2.15. The molecule has 65 heavy (non-hydrogen) atoms. The van der Waals surface area contributed by atoms with Crippen molar-refractivity contribution >= 4 is 97.6 Å². The molecule has 302 valence electrons. The second-order valence-electron chi connectivity index (χ2n) is 17.2. The monoisotopic (exact) mass is 827 g/mol. The van der Waals surface area contributed by atoms with E-state index in [1.807, 2.05) is 34.9 Å². The summed E-state index contributed by atoms with van der Waals surface area (Å²) in [6.45, 7) is 0. The molecule has 3 aromatic heterocycles. The molecule has 0 aliphatic carbocycles. The van der Waals surface area contributed by atoms with Crippen LogP contribution in [-0.2, 0) is 0 Å². The van der Waals surface area contributed by atoms with Crippen molar-refractivity contribution in [3.8, 4) is 28.2 Å². The van der Waals surface area contributed by atoms with Gasteiger partial charge in [0.1, 0.15) is 0 Å². The average molecular weight is 828 g/mol. The zero-order valence-electron chi connectivity index (χ0n) is 35.1. The Morgan fingerprint density at radius 3 is 1.20 bits per heavy atom. The second-order valence-corrected chi connectivity index (χ2v) is 17.2. The summed E-state index contributed by atoms with van der Waals surface area (Å²) in [5, 5.41) is 14.7. The summed E-state index contributed by atoms with van der Waals surface area (Å²) < 4.78 is 6.56. The summed E-state index contributed by atoms with van der Waals surface area (Å²) in [4.78, 5) is 15.4. The van der Waals surface area contributed by atoms with Crippen LogP contribution in [-0.4, -0.2) is 13.7 Å². The maximum atomic E-state index is 15.4. The molecule has 4 nitrogen and oxygen atoms in total. The molecule has 0 bridgehead atoms. The van der Waals surface area contributed by atoms with E-state index in [1.54, 1.807) is 0 Å². The molecule has 0 amide bonds. The Balaban J connectivity index is 1.10. The predicted octanol–water partition coefficient (Wildman–Crippen LogP) is 15.5. The van der Waals surface area contributed by atoms with Gasteiger partial charge < -0.3 is 9.13 Å². The number of hydrogen-bond acceptors (Lipinski definition) is 1. The number of nitrogens with zero attached hydrogens (tertiary/aromatic N) is 3. The number of benzene rings is 11. The minimum absolute atomic E-state index is 0.0520. The fourth-order valence-corrected chi connectivity index (χ4v) is 10.9. The first-order valence-corrected chi connectivity index (χ1v) is 22.2. The van der Waals surface area contributed by atoms with Gasteiger partial charge in [-0.2, -0.15) is 0 Å². The van der Waals surface area contributed by atoms with Crippen molar-refractivity contribution in [2.75, 3.05) is 0 Å². The number of aromatic nitrogens is 3. The lowest BCUT2D eigenvalue weighted by molar-refractivity contribution is 1.06. The summed E-state index contributed by atoms with van der Waals surface area (Å²) in [5.74, 6) is 0. The van der Waals surface area contributed by atoms with Crippen LogP contribution in [0.5, 0.6) is 0 Å². The molecular formula is C61H37N3O. The lowest BCUT2D eigenvalue weighted by atomic mass is 9.92. The fraction of sp³-hybridized carbons (Fsp3) is 0. The maximum absolute atomic E-state index is 15.4. The molecule has 14 rings (SSSR count). The van der Waals surface area contributed by atoms with E-state index in [0.29, 0.717) is 5.39 Å². The van der Waals surface area contributed by atoms with Crippen molar-refractivity contribution in [3.63, 3.8) is 0 Å². The number of para-hydroxylation sites is 4. The Morgan fingerprint density at radius 2 is 0.585 bits per heavy atom. The van der Waals surface area contributed by atoms with Crippen LogP contribution in [0.1, 0.15) is 0 Å². The van der Waals surface area contributed by atoms with E-state index in [-0.39, 0.29) is 5.56 Å². The molecule has 0 atom stereocenters. The Morgan fingerprint density at radius 1 is 0.215 bits per heavy atom. The van der Waals surface area contributed by atoms with Crippen molar-refractivity contribution < 1.29 is 0 Å². The molecule has 0 aliphatic rings. The van der Waals surface area contributed by atoms with Crippen molar-refractivity contribution in [1.82, 2.24) is 13.7 Å². The zero-order chi connectivity index (χ0) is 42.8. The van der Waals surface area contributed by atoms with Gasteiger partial charge in [0.15, 0.2) is 0 Å². The quantitative estimate of drug-likeness (QED) is 0.163. The van der Waals surface area contributed by atoms with Crippen molar-refractivity contribution in [3.05, 3.63) is 235 Å². The number of hydrogen-bond donors (Lipinski definition) is 0. The standard InChI is InChI=1S/C61H37N3O/c65-61-55-36-58-54(34-50(55)53-35-52-48-26-14-15-27-56(48)62(40-16-4-1-5-17-40)59(52)37-60(53)64(61)42-20-8-3-9-21-42)51-33-39(29-31-57(51)63(58)41-18-6-2-7-19-41)38-28-30-47-45-24-11-10-22-43(45)44-23-12-13-25-46(44)49(47)32-38/h1-37H. The van der Waals surface area contributed by atoms with Gasteiger partial charge in [-0.25, -0.2) is 0 Å². The minimum Gasteiger partial charge on any atom is -0.309 e. The summed E-state index contributed by atoms with van der Waals surface area (Å²) in [7, 11) is 0. The Bertz CT molecular complexity index is 4320. The van der Waals surface area contributed by atoms with Crippen LogP contribution in [0.25, 0.3) is 126 Å². The highest BCUT2D eigenvalue weighted by molar-refractivity contribution is 6.26. The van der Waals surface area contributed by atoms with Crippen molar-refractivity contribution in [2.45, 2.75) is 0 Å². The normalized spacial score (nSPS) is 12.1. The molecule has 11 aromatic carbocycles. The molecule has 0 saturated carbocycles. The van der Waals surface area contributed by atoms with E-state index in [9.17, 15) is 0 Å². The van der Waals surface area contributed by atoms with Gasteiger partial charge in [0.25, 0.3) is 5.56 Å². The Labute approximate surface area is 372 Å². The smallest absolute Gasteiger partial charge is 0.263 e. The van der Waals surface area contributed by atoms with E-state index in [4.69, 9.17) is 0 Å². The first kappa shape index (κ1) is 35.8. The number of rotatable bonds is 4. The van der Waals surface area contributed by atoms with E-state index < -0.39 is 0 Å². The average Bonchev–Trinajstić information content (AvgIpc) is 3.87. The minimum atomic E-state index is -0.0520. The van der Waals surface area contributed by atoms with Gasteiger partial charge in [-0.05, 0) is 134 Å². The fourth-order valence-electron chi connectivity index (χ4n) is 10.9. The molecule has 0 aliphatic heterocycles. The van der Waals surface area contributed by atoms with Gasteiger partial charge >= 0.3 is 0 Å². The molecule has 14 aromatic rings. The van der Waals surface area contributed by atoms with E-state index in [2.05, 4.69) is 203 Å². The summed E-state index contributed by atoms with van der Waals surface area (Å²) in [6.07, 6.45) is 0. The van der Waals surface area contributed by atoms with Gasteiger partial charge in [-0.15, -0.1) is 0 Å². The first-order chi connectivity index (χ1) is 32.2. The van der Waals surface area contributed by atoms with E-state index in [0.717, 1.165) is 82.7 Å². The van der Waals surface area contributed by atoms with Crippen molar-refractivity contribution in [2.24, 2.45) is 0 Å². The van der Waals surface area contributed by atoms with Crippen LogP contribution in [0.2, 0.25) is 0 Å². The molecule has 3 heterocycles. The summed E-state index contributed by atoms with van der Waals surface area (Å²) in [6, 6.07) is 80.0. The molecule has 4 heteroatoms. The van der Waals surface area contributed by atoms with Crippen LogP contribution in [0.3, 0.4) is 0 Å². The van der Waals surface area contributed by atoms with Crippen LogP contribution in [0.4, 0.5) is 0 Å². The largest absolute Gasteiger partial charge is 0.309 e. The first-order valence-electron chi connectivity index (χ1n) is 22.2. The van der Waals surface area contributed by atoms with Gasteiger partial charge in [0.2, 0.25) is 0 Å². The molecule has 0 saturated heterocycles. The molecule has 0 radical (unpaired) electrons. The van der Waals surface area contributed by atoms with E-state index in [1.165, 1.54) is 37.7 Å². The SMILES string of the molecule is O=c1c2cc3c(cc2c2cc4c5ccccc5n(-c5ccccc5)c4cc2n1-c1ccccc1)c1cc(-c2ccc4c5ccccc5c5ccccc5c4c2)ccc1n3-c1ccccc1. The van der Waals surface area contributed by atoms with Gasteiger partial charge in [0.05, 0.1) is 33.0 Å². The van der Waals surface area contributed by atoms with Crippen LogP contribution >= 0.6 is 0 Å². The topological polar surface area (TPSA) is 31.9 Å². The number of fused-ring (bicyclic) bond motifs is 15. The third-order valence-corrected chi connectivity index (χ3v) is 13.8. The molecule has 0 spiro atoms. The summed E-state index contributed by atoms with van der Waals surface area (Å²) >= 11 is 0. The lowest BCUT2D eigenvalue weighted by Crippen LogP contribution is -2.19. The van der Waals surface area contributed by atoms with Crippen LogP contribution < -0.4 is 5.56 Å². The van der Waals surface area contributed by atoms with Gasteiger partial charge in [0, 0.05) is 44.0 Å². The van der Waals surface area contributed by atoms with Crippen LogP contribution in [0, 0.1) is 0 Å². The predicted molar refractivity (Wildman–Crippen MR) is 274 cm³/mol. The number of pyridine rings is 1. The Hall–Kier alpha value is -8.73.